The van der Waals surface area contributed by atoms with E-state index in [1.165, 1.54) is 18.2 Å². The fraction of sp³-hybridized carbons (Fsp3) is 0.417. The molecule has 0 saturated carbocycles. The molecular weight excluding hydrogens is 436 g/mol. The fourth-order valence-corrected chi connectivity index (χ4v) is 4.74. The zero-order valence-electron chi connectivity index (χ0n) is 17.8. The summed E-state index contributed by atoms with van der Waals surface area (Å²) in [5.41, 5.74) is 1.08. The van der Waals surface area contributed by atoms with Gasteiger partial charge in [0.05, 0.1) is 12.1 Å². The highest BCUT2D eigenvalue weighted by atomic mass is 32.1. The number of rotatable bonds is 10. The van der Waals surface area contributed by atoms with E-state index in [4.69, 9.17) is 5.11 Å². The highest BCUT2D eigenvalue weighted by Crippen LogP contribution is 2.34. The van der Waals surface area contributed by atoms with E-state index in [1.807, 2.05) is 37.3 Å². The molecule has 1 fully saturated rings. The van der Waals surface area contributed by atoms with Gasteiger partial charge in [-0.3, -0.25) is 4.79 Å². The lowest BCUT2D eigenvalue weighted by molar-refractivity contribution is -0.148. The number of nitrogens with zero attached hydrogens (tertiary/aromatic N) is 1. The van der Waals surface area contributed by atoms with Gasteiger partial charge in [0.1, 0.15) is 4.88 Å². The van der Waals surface area contributed by atoms with Crippen molar-refractivity contribution in [3.05, 3.63) is 69.9 Å². The summed E-state index contributed by atoms with van der Waals surface area (Å²) in [6, 6.07) is 12.1. The average molecular weight is 464 g/mol. The molecule has 3 atom stereocenters. The predicted octanol–water partition coefficient (Wildman–Crippen LogP) is 4.41. The molecule has 1 saturated heterocycles. The molecule has 2 heterocycles. The minimum atomic E-state index is -3.42. The zero-order valence-corrected chi connectivity index (χ0v) is 18.6. The number of hydrogen-bond acceptors (Lipinski definition) is 4. The van der Waals surface area contributed by atoms with Crippen LogP contribution in [0.4, 0.5) is 8.78 Å². The summed E-state index contributed by atoms with van der Waals surface area (Å²) in [6.45, 7) is 2.03. The van der Waals surface area contributed by atoms with Crippen molar-refractivity contribution < 1.29 is 28.6 Å². The van der Waals surface area contributed by atoms with Crippen molar-refractivity contribution in [2.24, 2.45) is 5.92 Å². The number of amides is 1. The van der Waals surface area contributed by atoms with Gasteiger partial charge in [0.25, 0.3) is 5.91 Å². The van der Waals surface area contributed by atoms with Crippen LogP contribution in [0.5, 0.6) is 0 Å². The molecule has 3 rings (SSSR count). The van der Waals surface area contributed by atoms with E-state index in [2.05, 4.69) is 0 Å². The maximum Gasteiger partial charge on any atom is 0.345 e. The van der Waals surface area contributed by atoms with Crippen LogP contribution in [0.1, 0.15) is 39.9 Å². The third-order valence-corrected chi connectivity index (χ3v) is 6.78. The standard InChI is InChI=1S/C24H27F2NO4S/c1-16(14-17-6-3-2-4-7-17)20(28)11-9-18-15-24(25,26)23(31)27(18)13-5-8-19-10-12-21(32-19)22(29)30/h2-4,6-7,9-12,16,18,20,28H,5,8,13-15H2,1H3,(H,29,30)/t16-,18-,20-/m0/s1. The quantitative estimate of drug-likeness (QED) is 0.512. The lowest BCUT2D eigenvalue weighted by Crippen LogP contribution is -2.37. The molecule has 2 aromatic rings. The molecule has 1 amide bonds. The summed E-state index contributed by atoms with van der Waals surface area (Å²) in [5.74, 6) is -5.73. The molecule has 1 aliphatic heterocycles. The number of aliphatic hydroxyl groups is 1. The number of aryl methyl sites for hydroxylation is 1. The third-order valence-electron chi connectivity index (χ3n) is 5.65. The first-order valence-corrected chi connectivity index (χ1v) is 11.4. The molecule has 0 radical (unpaired) electrons. The van der Waals surface area contributed by atoms with Gasteiger partial charge in [-0.15, -0.1) is 11.3 Å². The lowest BCUT2D eigenvalue weighted by atomic mass is 9.95. The molecule has 1 aromatic carbocycles. The number of carboxylic acids is 1. The Morgan fingerprint density at radius 1 is 1.28 bits per heavy atom. The van der Waals surface area contributed by atoms with Crippen molar-refractivity contribution >= 4 is 23.2 Å². The van der Waals surface area contributed by atoms with Crippen LogP contribution < -0.4 is 0 Å². The molecule has 0 bridgehead atoms. The van der Waals surface area contributed by atoms with E-state index in [-0.39, 0.29) is 17.3 Å². The monoisotopic (exact) mass is 463 g/mol. The van der Waals surface area contributed by atoms with Gasteiger partial charge in [-0.1, -0.05) is 49.4 Å². The van der Waals surface area contributed by atoms with E-state index in [0.717, 1.165) is 26.7 Å². The molecule has 0 aliphatic carbocycles. The van der Waals surface area contributed by atoms with Crippen molar-refractivity contribution in [1.82, 2.24) is 4.90 Å². The molecular formula is C24H27F2NO4S. The average Bonchev–Trinajstić information content (AvgIpc) is 3.31. The Morgan fingerprint density at radius 3 is 2.66 bits per heavy atom. The molecule has 0 spiro atoms. The molecule has 1 aromatic heterocycles. The first-order valence-electron chi connectivity index (χ1n) is 10.6. The highest BCUT2D eigenvalue weighted by molar-refractivity contribution is 7.13. The van der Waals surface area contributed by atoms with Crippen LogP contribution in [-0.4, -0.2) is 51.6 Å². The number of alkyl halides is 2. The van der Waals surface area contributed by atoms with Gasteiger partial charge in [0, 0.05) is 17.8 Å². The van der Waals surface area contributed by atoms with Crippen LogP contribution in [0.15, 0.2) is 54.6 Å². The van der Waals surface area contributed by atoms with Crippen molar-refractivity contribution in [2.45, 2.75) is 50.7 Å². The number of carboxylic acid groups (broad SMARTS) is 1. The van der Waals surface area contributed by atoms with Crippen LogP contribution in [0.2, 0.25) is 0 Å². The Kier molecular flexibility index (Phi) is 7.79. The summed E-state index contributed by atoms with van der Waals surface area (Å²) in [7, 11) is 0. The van der Waals surface area contributed by atoms with E-state index >= 15 is 0 Å². The molecule has 0 unspecified atom stereocenters. The van der Waals surface area contributed by atoms with Gasteiger partial charge < -0.3 is 15.1 Å². The number of hydrogen-bond donors (Lipinski definition) is 2. The van der Waals surface area contributed by atoms with E-state index < -0.39 is 36.4 Å². The third kappa shape index (κ3) is 6.01. The highest BCUT2D eigenvalue weighted by Gasteiger charge is 2.52. The number of carbonyl (C=O) groups excluding carboxylic acids is 1. The van der Waals surface area contributed by atoms with Gasteiger partial charge in [-0.25, -0.2) is 4.79 Å². The summed E-state index contributed by atoms with van der Waals surface area (Å²) in [6.07, 6.45) is 3.19. The van der Waals surface area contributed by atoms with Crippen molar-refractivity contribution in [3.8, 4) is 0 Å². The van der Waals surface area contributed by atoms with Gasteiger partial charge in [0.2, 0.25) is 0 Å². The van der Waals surface area contributed by atoms with E-state index in [9.17, 15) is 23.5 Å². The molecule has 1 aliphatic rings. The second-order valence-corrected chi connectivity index (χ2v) is 9.36. The van der Waals surface area contributed by atoms with Crippen molar-refractivity contribution in [1.29, 1.82) is 0 Å². The zero-order chi connectivity index (χ0) is 23.3. The minimum Gasteiger partial charge on any atom is -0.477 e. The van der Waals surface area contributed by atoms with Gasteiger partial charge in [-0.2, -0.15) is 8.78 Å². The first-order chi connectivity index (χ1) is 15.2. The topological polar surface area (TPSA) is 77.8 Å². The van der Waals surface area contributed by atoms with Gasteiger partial charge >= 0.3 is 11.9 Å². The molecule has 2 N–H and O–H groups in total. The summed E-state index contributed by atoms with van der Waals surface area (Å²) in [4.78, 5) is 25.4. The lowest BCUT2D eigenvalue weighted by Gasteiger charge is -2.22. The number of likely N-dealkylation sites (tertiary alicyclic amines) is 1. The maximum absolute atomic E-state index is 14.1. The Bertz CT molecular complexity index is 960. The number of aromatic carboxylic acids is 1. The van der Waals surface area contributed by atoms with Crippen molar-refractivity contribution in [3.63, 3.8) is 0 Å². The molecule has 32 heavy (non-hydrogen) atoms. The van der Waals surface area contributed by atoms with Crippen LogP contribution in [0.25, 0.3) is 0 Å². The smallest absolute Gasteiger partial charge is 0.345 e. The van der Waals surface area contributed by atoms with Crippen LogP contribution >= 0.6 is 11.3 Å². The van der Waals surface area contributed by atoms with Crippen molar-refractivity contribution in [2.75, 3.05) is 6.54 Å². The Hall–Kier alpha value is -2.58. The second kappa shape index (κ2) is 10.4. The maximum atomic E-state index is 14.1. The Labute approximate surface area is 190 Å². The number of halogens is 2. The predicted molar refractivity (Wildman–Crippen MR) is 119 cm³/mol. The largest absolute Gasteiger partial charge is 0.477 e. The SMILES string of the molecule is C[C@@H](Cc1ccccc1)[C@@H](O)C=C[C@H]1CC(F)(F)C(=O)N1CCCc1ccc(C(=O)O)s1. The van der Waals surface area contributed by atoms with Crippen LogP contribution in [0.3, 0.4) is 0 Å². The number of benzene rings is 1. The summed E-state index contributed by atoms with van der Waals surface area (Å²) in [5, 5.41) is 19.5. The Balaban J connectivity index is 1.59. The number of carbonyl (C=O) groups is 2. The van der Waals surface area contributed by atoms with Crippen LogP contribution in [0, 0.1) is 5.92 Å². The van der Waals surface area contributed by atoms with E-state index in [0.29, 0.717) is 19.3 Å². The summed E-state index contributed by atoms with van der Waals surface area (Å²) < 4.78 is 28.2. The van der Waals surface area contributed by atoms with E-state index in [1.54, 1.807) is 6.07 Å². The summed E-state index contributed by atoms with van der Waals surface area (Å²) >= 11 is 1.14. The van der Waals surface area contributed by atoms with Crippen LogP contribution in [-0.2, 0) is 17.6 Å². The molecule has 5 nitrogen and oxygen atoms in total. The van der Waals surface area contributed by atoms with Gasteiger partial charge in [0.15, 0.2) is 0 Å². The van der Waals surface area contributed by atoms with Gasteiger partial charge in [-0.05, 0) is 42.9 Å². The minimum absolute atomic E-state index is 0.109. The fourth-order valence-electron chi connectivity index (χ4n) is 3.85. The molecule has 8 heteroatoms. The Morgan fingerprint density at radius 2 is 2.00 bits per heavy atom. The second-order valence-electron chi connectivity index (χ2n) is 8.19. The number of aliphatic hydroxyl groups excluding tert-OH is 1. The normalized spacial score (nSPS) is 20.1. The molecule has 172 valence electrons. The number of thiophene rings is 1. The first kappa shape index (κ1) is 24.1.